The molecule has 1 aromatic carbocycles. The molecule has 1 aromatic rings. The number of benzene rings is 1. The summed E-state index contributed by atoms with van der Waals surface area (Å²) in [6.07, 6.45) is 0.304. The molecule has 2 amide bonds. The maximum atomic E-state index is 12.7. The van der Waals surface area contributed by atoms with Crippen LogP contribution in [-0.2, 0) is 14.3 Å². The first-order chi connectivity index (χ1) is 12.5. The zero-order valence-electron chi connectivity index (χ0n) is 15.7. The van der Waals surface area contributed by atoms with Crippen molar-refractivity contribution < 1.29 is 14.3 Å². The number of morpholine rings is 1. The molecule has 0 radical (unpaired) electrons. The highest BCUT2D eigenvalue weighted by atomic mass is 16.5. The van der Waals surface area contributed by atoms with E-state index in [-0.39, 0.29) is 17.7 Å². The van der Waals surface area contributed by atoms with Crippen LogP contribution in [0.3, 0.4) is 0 Å². The predicted molar refractivity (Wildman–Crippen MR) is 101 cm³/mol. The van der Waals surface area contributed by atoms with Gasteiger partial charge in [0.05, 0.1) is 19.1 Å². The van der Waals surface area contributed by atoms with Gasteiger partial charge in [0.25, 0.3) is 0 Å². The van der Waals surface area contributed by atoms with E-state index in [1.165, 1.54) is 0 Å². The summed E-state index contributed by atoms with van der Waals surface area (Å²) in [4.78, 5) is 29.1. The summed E-state index contributed by atoms with van der Waals surface area (Å²) in [5.74, 6) is 0.0880. The first-order valence-electron chi connectivity index (χ1n) is 9.52. The van der Waals surface area contributed by atoms with Gasteiger partial charge in [-0.3, -0.25) is 14.5 Å². The Morgan fingerprint density at radius 1 is 1.23 bits per heavy atom. The molecule has 3 rings (SSSR count). The van der Waals surface area contributed by atoms with E-state index in [1.54, 1.807) is 0 Å². The van der Waals surface area contributed by atoms with E-state index >= 15 is 0 Å². The Morgan fingerprint density at radius 3 is 2.69 bits per heavy atom. The second-order valence-electron chi connectivity index (χ2n) is 7.43. The number of para-hydroxylation sites is 1. The molecule has 2 fully saturated rings. The largest absolute Gasteiger partial charge is 0.379 e. The molecule has 1 unspecified atom stereocenters. The zero-order valence-corrected chi connectivity index (χ0v) is 15.7. The molecule has 2 saturated heterocycles. The number of anilines is 1. The lowest BCUT2D eigenvalue weighted by Gasteiger charge is -2.28. The molecule has 0 aliphatic carbocycles. The molecule has 26 heavy (non-hydrogen) atoms. The number of amides is 2. The van der Waals surface area contributed by atoms with Crippen LogP contribution in [0.2, 0.25) is 0 Å². The Morgan fingerprint density at radius 2 is 1.96 bits per heavy atom. The highest BCUT2D eigenvalue weighted by Gasteiger charge is 2.34. The molecule has 1 N–H and O–H groups in total. The summed E-state index contributed by atoms with van der Waals surface area (Å²) in [6.45, 7) is 9.61. The van der Waals surface area contributed by atoms with Crippen LogP contribution in [0.25, 0.3) is 0 Å². The third-order valence-corrected chi connectivity index (χ3v) is 5.22. The third kappa shape index (κ3) is 4.62. The molecule has 0 bridgehead atoms. The first kappa shape index (κ1) is 18.9. The molecule has 0 saturated carbocycles. The summed E-state index contributed by atoms with van der Waals surface area (Å²) in [6, 6.07) is 7.88. The van der Waals surface area contributed by atoms with E-state index in [1.807, 2.05) is 29.2 Å². The van der Waals surface area contributed by atoms with Crippen molar-refractivity contribution in [1.82, 2.24) is 9.80 Å². The molecule has 2 heterocycles. The molecule has 1 atom stereocenters. The van der Waals surface area contributed by atoms with Gasteiger partial charge in [0.2, 0.25) is 11.8 Å². The number of hydrogen-bond donors (Lipinski definition) is 1. The minimum absolute atomic E-state index is 0.0553. The van der Waals surface area contributed by atoms with E-state index in [9.17, 15) is 9.59 Å². The van der Waals surface area contributed by atoms with Crippen LogP contribution >= 0.6 is 0 Å². The summed E-state index contributed by atoms with van der Waals surface area (Å²) in [5.41, 5.74) is 1.97. The fraction of sp³-hybridized carbons (Fsp3) is 0.600. The van der Waals surface area contributed by atoms with Gasteiger partial charge in [0.1, 0.15) is 0 Å². The molecule has 142 valence electrons. The van der Waals surface area contributed by atoms with E-state index in [0.29, 0.717) is 25.4 Å². The Balaban J connectivity index is 1.53. The van der Waals surface area contributed by atoms with E-state index in [0.717, 1.165) is 44.1 Å². The normalized spacial score (nSPS) is 21.4. The Kier molecular flexibility index (Phi) is 6.27. The van der Waals surface area contributed by atoms with Crippen LogP contribution in [0.1, 0.15) is 31.7 Å². The van der Waals surface area contributed by atoms with Gasteiger partial charge in [0, 0.05) is 44.8 Å². The second-order valence-corrected chi connectivity index (χ2v) is 7.43. The van der Waals surface area contributed by atoms with Crippen molar-refractivity contribution >= 4 is 17.5 Å². The zero-order chi connectivity index (χ0) is 18.5. The molecule has 0 spiro atoms. The average Bonchev–Trinajstić information content (AvgIpc) is 3.02. The van der Waals surface area contributed by atoms with Crippen LogP contribution in [0, 0.1) is 5.92 Å². The number of ether oxygens (including phenoxy) is 1. The lowest BCUT2D eigenvalue weighted by atomic mass is 10.0. The van der Waals surface area contributed by atoms with Crippen molar-refractivity contribution in [1.29, 1.82) is 0 Å². The number of likely N-dealkylation sites (tertiary alicyclic amines) is 1. The minimum atomic E-state index is -0.271. The SMILES string of the molecule is CC(C)c1ccccc1NC(=O)C1CC(=O)N(CCN2CCOCC2)C1. The van der Waals surface area contributed by atoms with Gasteiger partial charge in [-0.05, 0) is 17.5 Å². The molecule has 2 aliphatic rings. The van der Waals surface area contributed by atoms with E-state index in [2.05, 4.69) is 24.1 Å². The van der Waals surface area contributed by atoms with Crippen molar-refractivity contribution in [2.24, 2.45) is 5.92 Å². The monoisotopic (exact) mass is 359 g/mol. The number of rotatable bonds is 6. The molecule has 6 nitrogen and oxygen atoms in total. The van der Waals surface area contributed by atoms with Crippen LogP contribution < -0.4 is 5.32 Å². The number of hydrogen-bond acceptors (Lipinski definition) is 4. The smallest absolute Gasteiger partial charge is 0.229 e. The minimum Gasteiger partial charge on any atom is -0.379 e. The molecular weight excluding hydrogens is 330 g/mol. The number of carbonyl (C=O) groups is 2. The summed E-state index contributed by atoms with van der Waals surface area (Å²) in [7, 11) is 0. The second kappa shape index (κ2) is 8.64. The lowest BCUT2D eigenvalue weighted by molar-refractivity contribution is -0.128. The molecule has 0 aromatic heterocycles. The fourth-order valence-electron chi connectivity index (χ4n) is 3.60. The van der Waals surface area contributed by atoms with E-state index in [4.69, 9.17) is 4.74 Å². The van der Waals surface area contributed by atoms with Crippen molar-refractivity contribution in [2.75, 3.05) is 51.3 Å². The first-order valence-corrected chi connectivity index (χ1v) is 9.52. The van der Waals surface area contributed by atoms with Crippen LogP contribution in [0.4, 0.5) is 5.69 Å². The molecular formula is C20H29N3O3. The maximum Gasteiger partial charge on any atom is 0.229 e. The highest BCUT2D eigenvalue weighted by Crippen LogP contribution is 2.26. The number of nitrogens with one attached hydrogen (secondary N) is 1. The van der Waals surface area contributed by atoms with Crippen LogP contribution in [0.5, 0.6) is 0 Å². The van der Waals surface area contributed by atoms with Gasteiger partial charge in [-0.2, -0.15) is 0 Å². The van der Waals surface area contributed by atoms with Gasteiger partial charge in [-0.15, -0.1) is 0 Å². The van der Waals surface area contributed by atoms with Crippen molar-refractivity contribution in [3.8, 4) is 0 Å². The van der Waals surface area contributed by atoms with Crippen LogP contribution in [-0.4, -0.2) is 67.6 Å². The van der Waals surface area contributed by atoms with Gasteiger partial charge >= 0.3 is 0 Å². The van der Waals surface area contributed by atoms with Gasteiger partial charge < -0.3 is 15.0 Å². The quantitative estimate of drug-likeness (QED) is 0.843. The molecule has 6 heteroatoms. The number of nitrogens with zero attached hydrogens (tertiary/aromatic N) is 2. The molecule has 2 aliphatic heterocycles. The highest BCUT2D eigenvalue weighted by molar-refractivity contribution is 5.97. The van der Waals surface area contributed by atoms with Crippen molar-refractivity contribution in [2.45, 2.75) is 26.2 Å². The average molecular weight is 359 g/mol. The Hall–Kier alpha value is -1.92. The van der Waals surface area contributed by atoms with Gasteiger partial charge in [0.15, 0.2) is 0 Å². The van der Waals surface area contributed by atoms with Gasteiger partial charge in [-0.1, -0.05) is 32.0 Å². The topological polar surface area (TPSA) is 61.9 Å². The Bertz CT molecular complexity index is 641. The van der Waals surface area contributed by atoms with Gasteiger partial charge in [-0.25, -0.2) is 0 Å². The Labute approximate surface area is 155 Å². The van der Waals surface area contributed by atoms with Crippen molar-refractivity contribution in [3.05, 3.63) is 29.8 Å². The van der Waals surface area contributed by atoms with E-state index < -0.39 is 0 Å². The summed E-state index contributed by atoms with van der Waals surface area (Å²) >= 11 is 0. The van der Waals surface area contributed by atoms with Crippen molar-refractivity contribution in [3.63, 3.8) is 0 Å². The standard InChI is InChI=1S/C20H29N3O3/c1-15(2)17-5-3-4-6-18(17)21-20(25)16-13-19(24)23(14-16)8-7-22-9-11-26-12-10-22/h3-6,15-16H,7-14H2,1-2H3,(H,21,25). The maximum absolute atomic E-state index is 12.7. The number of carbonyl (C=O) groups excluding carboxylic acids is 2. The fourth-order valence-corrected chi connectivity index (χ4v) is 3.60. The van der Waals surface area contributed by atoms with Crippen LogP contribution in [0.15, 0.2) is 24.3 Å². The lowest BCUT2D eigenvalue weighted by Crippen LogP contribution is -2.42. The predicted octanol–water partition coefficient (Wildman–Crippen LogP) is 1.93. The third-order valence-electron chi connectivity index (χ3n) is 5.22. The summed E-state index contributed by atoms with van der Waals surface area (Å²) < 4.78 is 5.35. The summed E-state index contributed by atoms with van der Waals surface area (Å²) in [5, 5.41) is 3.04.